The molecular formula is C35H44O14. The molecule has 3 aromatic carbocycles. The standard InChI is InChI=1S/C35H44O14/c1-43-25-10-7-21(15-29(25)46-4)34(42)47-18-30-31(39)32(40)33(41)35(49-30)48-26-9-6-20(14-28(26)45-3)12-23(17-37)22(16-36)11-19-5-8-24(38)27(13-19)44-2/h5-10,13-15,22-23,30-33,35-41H,11-12,16-18H2,1-4H3/t22-,23+,30+,31+,32-,33+,35+/m0/s1. The molecule has 0 bridgehead atoms. The van der Waals surface area contributed by atoms with Crippen molar-refractivity contribution >= 4 is 5.97 Å². The van der Waals surface area contributed by atoms with Crippen molar-refractivity contribution in [2.45, 2.75) is 43.5 Å². The smallest absolute Gasteiger partial charge is 0.338 e. The van der Waals surface area contributed by atoms with Crippen molar-refractivity contribution < 1.29 is 68.6 Å². The lowest BCUT2D eigenvalue weighted by molar-refractivity contribution is -0.277. The van der Waals surface area contributed by atoms with E-state index < -0.39 is 43.3 Å². The number of rotatable bonds is 16. The third-order valence-corrected chi connectivity index (χ3v) is 8.51. The summed E-state index contributed by atoms with van der Waals surface area (Å²) in [4.78, 5) is 12.7. The monoisotopic (exact) mass is 688 g/mol. The lowest BCUT2D eigenvalue weighted by Gasteiger charge is -2.40. The van der Waals surface area contributed by atoms with E-state index in [1.54, 1.807) is 30.3 Å². The van der Waals surface area contributed by atoms with E-state index >= 15 is 0 Å². The van der Waals surface area contributed by atoms with Gasteiger partial charge in [0.05, 0.1) is 34.0 Å². The fraction of sp³-hybridized carbons (Fsp3) is 0.457. The Morgan fingerprint density at radius 2 is 1.24 bits per heavy atom. The molecule has 0 aromatic heterocycles. The average Bonchev–Trinajstić information content (AvgIpc) is 3.13. The molecule has 1 fully saturated rings. The van der Waals surface area contributed by atoms with E-state index in [2.05, 4.69) is 0 Å². The molecule has 268 valence electrons. The van der Waals surface area contributed by atoms with E-state index in [0.29, 0.717) is 30.1 Å². The van der Waals surface area contributed by atoms with Crippen LogP contribution >= 0.6 is 0 Å². The highest BCUT2D eigenvalue weighted by Gasteiger charge is 2.45. The fourth-order valence-corrected chi connectivity index (χ4v) is 5.63. The van der Waals surface area contributed by atoms with Crippen LogP contribution in [0.1, 0.15) is 21.5 Å². The highest BCUT2D eigenvalue weighted by Crippen LogP contribution is 2.35. The number of phenolic OH excluding ortho intramolecular Hbond substituents is 1. The average molecular weight is 689 g/mol. The van der Waals surface area contributed by atoms with Gasteiger partial charge in [-0.05, 0) is 78.3 Å². The van der Waals surface area contributed by atoms with Crippen LogP contribution in [0.4, 0.5) is 0 Å². The Balaban J connectivity index is 1.43. The Bertz CT molecular complexity index is 1530. The second kappa shape index (κ2) is 17.4. The molecule has 1 aliphatic heterocycles. The fourth-order valence-electron chi connectivity index (χ4n) is 5.63. The summed E-state index contributed by atoms with van der Waals surface area (Å²) >= 11 is 0. The van der Waals surface area contributed by atoms with Gasteiger partial charge >= 0.3 is 5.97 Å². The third-order valence-electron chi connectivity index (χ3n) is 8.51. The van der Waals surface area contributed by atoms with E-state index in [0.717, 1.165) is 11.1 Å². The number of carbonyl (C=O) groups is 1. The number of hydrogen-bond acceptors (Lipinski definition) is 14. The van der Waals surface area contributed by atoms with Gasteiger partial charge in [-0.2, -0.15) is 0 Å². The number of aromatic hydroxyl groups is 1. The minimum atomic E-state index is -1.69. The molecule has 0 saturated carbocycles. The van der Waals surface area contributed by atoms with Gasteiger partial charge in [0.15, 0.2) is 34.5 Å². The number of aliphatic hydroxyl groups is 5. The van der Waals surface area contributed by atoms with Crippen LogP contribution in [0, 0.1) is 11.8 Å². The van der Waals surface area contributed by atoms with Gasteiger partial charge in [-0.15, -0.1) is 0 Å². The Hall–Kier alpha value is -4.31. The van der Waals surface area contributed by atoms with Gasteiger partial charge in [-0.1, -0.05) is 12.1 Å². The minimum absolute atomic E-state index is 0.00167. The number of carbonyl (C=O) groups excluding carboxylic acids is 1. The molecule has 1 heterocycles. The van der Waals surface area contributed by atoms with E-state index in [-0.39, 0.29) is 47.9 Å². The predicted molar refractivity (Wildman–Crippen MR) is 173 cm³/mol. The van der Waals surface area contributed by atoms with Gasteiger partial charge in [0.2, 0.25) is 6.29 Å². The lowest BCUT2D eigenvalue weighted by Crippen LogP contribution is -2.60. The molecule has 0 aliphatic carbocycles. The number of aliphatic hydroxyl groups excluding tert-OH is 5. The first-order valence-corrected chi connectivity index (χ1v) is 15.6. The molecule has 0 radical (unpaired) electrons. The number of phenols is 1. The number of methoxy groups -OCH3 is 4. The second-order valence-corrected chi connectivity index (χ2v) is 11.6. The summed E-state index contributed by atoms with van der Waals surface area (Å²) in [6.07, 6.45) is -6.90. The van der Waals surface area contributed by atoms with Crippen LogP contribution in [-0.4, -0.2) is 116 Å². The van der Waals surface area contributed by atoms with E-state index in [4.69, 9.17) is 33.2 Å². The van der Waals surface area contributed by atoms with Crippen molar-refractivity contribution in [3.8, 4) is 34.5 Å². The summed E-state index contributed by atoms with van der Waals surface area (Å²) in [6, 6.07) is 14.3. The maximum absolute atomic E-state index is 12.7. The maximum atomic E-state index is 12.7. The van der Waals surface area contributed by atoms with Crippen molar-refractivity contribution in [3.05, 3.63) is 71.3 Å². The van der Waals surface area contributed by atoms with Crippen LogP contribution in [-0.2, 0) is 22.3 Å². The number of esters is 1. The Morgan fingerprint density at radius 3 is 1.84 bits per heavy atom. The van der Waals surface area contributed by atoms with E-state index in [1.807, 2.05) is 0 Å². The summed E-state index contributed by atoms with van der Waals surface area (Å²) in [5.41, 5.74) is 1.72. The number of hydrogen-bond donors (Lipinski definition) is 6. The first-order chi connectivity index (χ1) is 23.6. The molecule has 14 nitrogen and oxygen atoms in total. The first-order valence-electron chi connectivity index (χ1n) is 15.6. The molecule has 1 saturated heterocycles. The van der Waals surface area contributed by atoms with Gasteiger partial charge in [0.1, 0.15) is 31.0 Å². The van der Waals surface area contributed by atoms with Gasteiger partial charge in [-0.3, -0.25) is 0 Å². The molecule has 4 rings (SSSR count). The van der Waals surface area contributed by atoms with Crippen molar-refractivity contribution in [1.29, 1.82) is 0 Å². The van der Waals surface area contributed by atoms with Crippen LogP contribution in [0.2, 0.25) is 0 Å². The first kappa shape index (κ1) is 37.5. The zero-order valence-electron chi connectivity index (χ0n) is 27.7. The third kappa shape index (κ3) is 9.03. The predicted octanol–water partition coefficient (Wildman–Crippen LogP) is 1.47. The molecule has 6 N–H and O–H groups in total. The van der Waals surface area contributed by atoms with Crippen LogP contribution in [0.15, 0.2) is 54.6 Å². The largest absolute Gasteiger partial charge is 0.504 e. The normalized spacial score (nSPS) is 21.7. The van der Waals surface area contributed by atoms with Gasteiger partial charge in [0.25, 0.3) is 0 Å². The summed E-state index contributed by atoms with van der Waals surface area (Å²) in [7, 11) is 5.74. The van der Waals surface area contributed by atoms with Crippen molar-refractivity contribution in [1.82, 2.24) is 0 Å². The van der Waals surface area contributed by atoms with Gasteiger partial charge in [-0.25, -0.2) is 4.79 Å². The van der Waals surface area contributed by atoms with E-state index in [9.17, 15) is 35.4 Å². The SMILES string of the molecule is COc1cc(C[C@@H](CO)[C@@H](CO)Cc2ccc(O[C@@H]3O[C@H](COC(=O)c4ccc(OC)c(OC)c4)[C@@H](O)[C@H](O)[C@H]3O)c(OC)c2)ccc1O. The summed E-state index contributed by atoms with van der Waals surface area (Å²) < 4.78 is 38.1. The Morgan fingerprint density at radius 1 is 0.694 bits per heavy atom. The van der Waals surface area contributed by atoms with Crippen molar-refractivity contribution in [2.24, 2.45) is 11.8 Å². The minimum Gasteiger partial charge on any atom is -0.504 e. The number of benzene rings is 3. The van der Waals surface area contributed by atoms with Gasteiger partial charge < -0.3 is 63.8 Å². The summed E-state index contributed by atoms with van der Waals surface area (Å²) in [5.74, 6) is 0.0310. The molecule has 0 amide bonds. The highest BCUT2D eigenvalue weighted by molar-refractivity contribution is 5.90. The second-order valence-electron chi connectivity index (χ2n) is 11.6. The molecule has 1 aliphatic rings. The van der Waals surface area contributed by atoms with Gasteiger partial charge in [0, 0.05) is 13.2 Å². The zero-order chi connectivity index (χ0) is 35.7. The van der Waals surface area contributed by atoms with Crippen LogP contribution in [0.25, 0.3) is 0 Å². The van der Waals surface area contributed by atoms with Crippen LogP contribution in [0.5, 0.6) is 34.5 Å². The summed E-state index contributed by atoms with van der Waals surface area (Å²) in [5, 5.41) is 62.1. The van der Waals surface area contributed by atoms with E-state index in [1.165, 1.54) is 52.7 Å². The lowest BCUT2D eigenvalue weighted by atomic mass is 9.83. The van der Waals surface area contributed by atoms with Crippen LogP contribution < -0.4 is 23.7 Å². The molecule has 14 heteroatoms. The topological polar surface area (TPSA) is 203 Å². The highest BCUT2D eigenvalue weighted by atomic mass is 16.7. The Kier molecular flexibility index (Phi) is 13.3. The van der Waals surface area contributed by atoms with Crippen molar-refractivity contribution in [2.75, 3.05) is 48.3 Å². The molecule has 0 spiro atoms. The molecule has 0 unspecified atom stereocenters. The molecule has 49 heavy (non-hydrogen) atoms. The Labute approximate surface area is 283 Å². The molecule has 7 atom stereocenters. The molecule has 3 aromatic rings. The summed E-state index contributed by atoms with van der Waals surface area (Å²) in [6.45, 7) is -0.872. The quantitative estimate of drug-likeness (QED) is 0.118. The zero-order valence-corrected chi connectivity index (χ0v) is 27.7. The van der Waals surface area contributed by atoms with Crippen molar-refractivity contribution in [3.63, 3.8) is 0 Å². The number of ether oxygens (including phenoxy) is 7. The maximum Gasteiger partial charge on any atom is 0.338 e. The molecular weight excluding hydrogens is 644 g/mol. The van der Waals surface area contributed by atoms with Crippen LogP contribution in [0.3, 0.4) is 0 Å².